The van der Waals surface area contributed by atoms with E-state index in [4.69, 9.17) is 5.11 Å². The van der Waals surface area contributed by atoms with Crippen LogP contribution < -0.4 is 0 Å². The number of hydrogen-bond donors (Lipinski definition) is 1. The Morgan fingerprint density at radius 3 is 2.40 bits per heavy atom. The van der Waals surface area contributed by atoms with Crippen molar-refractivity contribution in [3.63, 3.8) is 0 Å². The molecule has 0 amide bonds. The van der Waals surface area contributed by atoms with Gasteiger partial charge in [0, 0.05) is 6.61 Å². The van der Waals surface area contributed by atoms with Crippen LogP contribution in [0, 0.1) is 17.8 Å². The molecule has 1 N–H and O–H groups in total. The highest BCUT2D eigenvalue weighted by Gasteiger charge is 2.25. The van der Waals surface area contributed by atoms with Gasteiger partial charge in [-0.25, -0.2) is 0 Å². The SMILES string of the molecule is CC(C)C1CCC(CO)C1. The van der Waals surface area contributed by atoms with E-state index in [1.165, 1.54) is 19.3 Å². The Bertz CT molecular complexity index is 98.9. The zero-order chi connectivity index (χ0) is 7.56. The second kappa shape index (κ2) is 3.38. The predicted molar refractivity (Wildman–Crippen MR) is 42.8 cm³/mol. The summed E-state index contributed by atoms with van der Waals surface area (Å²) in [5.41, 5.74) is 0. The van der Waals surface area contributed by atoms with Gasteiger partial charge in [-0.3, -0.25) is 0 Å². The molecule has 0 aromatic heterocycles. The van der Waals surface area contributed by atoms with Gasteiger partial charge < -0.3 is 5.11 Å². The van der Waals surface area contributed by atoms with Crippen molar-refractivity contribution in [2.75, 3.05) is 6.61 Å². The molecule has 1 fully saturated rings. The van der Waals surface area contributed by atoms with Gasteiger partial charge in [-0.1, -0.05) is 13.8 Å². The standard InChI is InChI=1S/C9H18O/c1-7(2)9-4-3-8(5-9)6-10/h7-10H,3-6H2,1-2H3. The summed E-state index contributed by atoms with van der Waals surface area (Å²) in [5, 5.41) is 8.87. The molecule has 0 bridgehead atoms. The molecule has 2 atom stereocenters. The second-order valence-corrected chi connectivity index (χ2v) is 3.87. The van der Waals surface area contributed by atoms with Crippen molar-refractivity contribution in [1.82, 2.24) is 0 Å². The van der Waals surface area contributed by atoms with Crippen LogP contribution in [0.25, 0.3) is 0 Å². The number of rotatable bonds is 2. The van der Waals surface area contributed by atoms with E-state index in [0.717, 1.165) is 11.8 Å². The van der Waals surface area contributed by atoms with Crippen molar-refractivity contribution in [2.24, 2.45) is 17.8 Å². The van der Waals surface area contributed by atoms with Crippen LogP contribution in [-0.4, -0.2) is 11.7 Å². The van der Waals surface area contributed by atoms with Crippen LogP contribution >= 0.6 is 0 Å². The van der Waals surface area contributed by atoms with Crippen molar-refractivity contribution >= 4 is 0 Å². The summed E-state index contributed by atoms with van der Waals surface area (Å²) < 4.78 is 0. The maximum atomic E-state index is 8.87. The minimum Gasteiger partial charge on any atom is -0.396 e. The molecule has 1 aliphatic carbocycles. The zero-order valence-electron chi connectivity index (χ0n) is 7.01. The maximum absolute atomic E-state index is 8.87. The highest BCUT2D eigenvalue weighted by molar-refractivity contribution is 4.76. The van der Waals surface area contributed by atoms with Crippen molar-refractivity contribution in [1.29, 1.82) is 0 Å². The Morgan fingerprint density at radius 2 is 2.10 bits per heavy atom. The molecule has 10 heavy (non-hydrogen) atoms. The highest BCUT2D eigenvalue weighted by Crippen LogP contribution is 2.34. The summed E-state index contributed by atoms with van der Waals surface area (Å²) in [4.78, 5) is 0. The van der Waals surface area contributed by atoms with Gasteiger partial charge in [0.25, 0.3) is 0 Å². The first kappa shape index (κ1) is 8.06. The third kappa shape index (κ3) is 1.72. The maximum Gasteiger partial charge on any atom is 0.0459 e. The first-order chi connectivity index (χ1) is 4.74. The van der Waals surface area contributed by atoms with E-state index in [1.54, 1.807) is 0 Å². The van der Waals surface area contributed by atoms with E-state index < -0.39 is 0 Å². The number of hydrogen-bond acceptors (Lipinski definition) is 1. The van der Waals surface area contributed by atoms with Crippen LogP contribution in [0.15, 0.2) is 0 Å². The van der Waals surface area contributed by atoms with Gasteiger partial charge in [0.05, 0.1) is 0 Å². The largest absolute Gasteiger partial charge is 0.396 e. The van der Waals surface area contributed by atoms with Crippen LogP contribution in [-0.2, 0) is 0 Å². The van der Waals surface area contributed by atoms with E-state index >= 15 is 0 Å². The quantitative estimate of drug-likeness (QED) is 0.625. The van der Waals surface area contributed by atoms with Crippen LogP contribution in [0.3, 0.4) is 0 Å². The van der Waals surface area contributed by atoms with E-state index in [2.05, 4.69) is 13.8 Å². The summed E-state index contributed by atoms with van der Waals surface area (Å²) in [5.74, 6) is 2.32. The molecule has 60 valence electrons. The molecule has 0 heterocycles. The normalized spacial score (nSPS) is 33.6. The molecule has 0 spiro atoms. The van der Waals surface area contributed by atoms with Gasteiger partial charge in [0.2, 0.25) is 0 Å². The predicted octanol–water partition coefficient (Wildman–Crippen LogP) is 2.05. The van der Waals surface area contributed by atoms with Crippen molar-refractivity contribution in [3.8, 4) is 0 Å². The lowest BCUT2D eigenvalue weighted by Gasteiger charge is -2.13. The molecule has 1 saturated carbocycles. The third-order valence-electron chi connectivity index (χ3n) is 2.78. The molecule has 0 saturated heterocycles. The minimum absolute atomic E-state index is 0.406. The van der Waals surface area contributed by atoms with Gasteiger partial charge >= 0.3 is 0 Å². The Balaban J connectivity index is 2.28. The Hall–Kier alpha value is -0.0400. The van der Waals surface area contributed by atoms with E-state index in [-0.39, 0.29) is 0 Å². The van der Waals surface area contributed by atoms with E-state index in [9.17, 15) is 0 Å². The zero-order valence-corrected chi connectivity index (χ0v) is 7.01. The lowest BCUT2D eigenvalue weighted by molar-refractivity contribution is 0.222. The molecule has 0 radical (unpaired) electrons. The van der Waals surface area contributed by atoms with Crippen LogP contribution in [0.1, 0.15) is 33.1 Å². The lowest BCUT2D eigenvalue weighted by Crippen LogP contribution is -2.05. The first-order valence-electron chi connectivity index (χ1n) is 4.35. The molecule has 1 nitrogen and oxygen atoms in total. The van der Waals surface area contributed by atoms with Crippen molar-refractivity contribution in [2.45, 2.75) is 33.1 Å². The second-order valence-electron chi connectivity index (χ2n) is 3.87. The fourth-order valence-corrected chi connectivity index (χ4v) is 1.88. The van der Waals surface area contributed by atoms with Crippen molar-refractivity contribution < 1.29 is 5.11 Å². The first-order valence-corrected chi connectivity index (χ1v) is 4.35. The van der Waals surface area contributed by atoms with E-state index in [1.807, 2.05) is 0 Å². The number of aliphatic hydroxyl groups excluding tert-OH is 1. The Kier molecular flexibility index (Phi) is 2.72. The van der Waals surface area contributed by atoms with Gasteiger partial charge in [0.15, 0.2) is 0 Å². The highest BCUT2D eigenvalue weighted by atomic mass is 16.3. The smallest absolute Gasteiger partial charge is 0.0459 e. The molecular weight excluding hydrogens is 124 g/mol. The molecule has 2 unspecified atom stereocenters. The van der Waals surface area contributed by atoms with Gasteiger partial charge in [-0.2, -0.15) is 0 Å². The molecule has 0 aromatic carbocycles. The fraction of sp³-hybridized carbons (Fsp3) is 1.00. The average molecular weight is 142 g/mol. The fourth-order valence-electron chi connectivity index (χ4n) is 1.88. The molecule has 0 aromatic rings. The summed E-state index contributed by atoms with van der Waals surface area (Å²) in [6.07, 6.45) is 3.84. The van der Waals surface area contributed by atoms with Gasteiger partial charge in [-0.15, -0.1) is 0 Å². The Labute approximate surface area is 63.4 Å². The van der Waals surface area contributed by atoms with Gasteiger partial charge in [-0.05, 0) is 37.0 Å². The lowest BCUT2D eigenvalue weighted by atomic mass is 9.93. The molecule has 1 heteroatoms. The van der Waals surface area contributed by atoms with Crippen LogP contribution in [0.2, 0.25) is 0 Å². The minimum atomic E-state index is 0.406. The summed E-state index contributed by atoms with van der Waals surface area (Å²) in [7, 11) is 0. The average Bonchev–Trinajstić information content (AvgIpc) is 2.34. The topological polar surface area (TPSA) is 20.2 Å². The van der Waals surface area contributed by atoms with Gasteiger partial charge in [0.1, 0.15) is 0 Å². The molecule has 0 aliphatic heterocycles. The van der Waals surface area contributed by atoms with E-state index in [0.29, 0.717) is 12.5 Å². The monoisotopic (exact) mass is 142 g/mol. The summed E-state index contributed by atoms with van der Waals surface area (Å²) in [6, 6.07) is 0. The summed E-state index contributed by atoms with van der Waals surface area (Å²) in [6.45, 7) is 4.97. The van der Waals surface area contributed by atoms with Crippen molar-refractivity contribution in [3.05, 3.63) is 0 Å². The molecular formula is C9H18O. The summed E-state index contributed by atoms with van der Waals surface area (Å²) >= 11 is 0. The molecule has 1 aliphatic rings. The third-order valence-corrected chi connectivity index (χ3v) is 2.78. The van der Waals surface area contributed by atoms with Crippen LogP contribution in [0.4, 0.5) is 0 Å². The number of aliphatic hydroxyl groups is 1. The Morgan fingerprint density at radius 1 is 1.40 bits per heavy atom. The van der Waals surface area contributed by atoms with Crippen LogP contribution in [0.5, 0.6) is 0 Å². The molecule has 1 rings (SSSR count).